The first-order chi connectivity index (χ1) is 11.5. The summed E-state index contributed by atoms with van der Waals surface area (Å²) in [6.45, 7) is 0.496. The van der Waals surface area contributed by atoms with Crippen molar-refractivity contribution in [1.29, 1.82) is 0 Å². The average molecular weight is 353 g/mol. The Morgan fingerprint density at radius 3 is 2.54 bits per heavy atom. The zero-order valence-corrected chi connectivity index (χ0v) is 14.0. The highest BCUT2D eigenvalue weighted by Crippen LogP contribution is 2.43. The monoisotopic (exact) mass is 353 g/mol. The van der Waals surface area contributed by atoms with Gasteiger partial charge in [-0.25, -0.2) is 4.79 Å². The third kappa shape index (κ3) is 4.05. The zero-order valence-electron chi connectivity index (χ0n) is 13.1. The van der Waals surface area contributed by atoms with Crippen LogP contribution in [0, 0.1) is 17.8 Å². The van der Waals surface area contributed by atoms with E-state index in [0.29, 0.717) is 29.4 Å². The molecule has 3 aliphatic rings. The van der Waals surface area contributed by atoms with Gasteiger partial charge in [0.15, 0.2) is 0 Å². The van der Waals surface area contributed by atoms with Crippen molar-refractivity contribution in [1.82, 2.24) is 5.06 Å². The van der Waals surface area contributed by atoms with Gasteiger partial charge in [0.05, 0.1) is 6.61 Å². The second kappa shape index (κ2) is 7.48. The van der Waals surface area contributed by atoms with Crippen LogP contribution in [0.2, 0.25) is 0 Å². The number of hydrogen-bond donors (Lipinski definition) is 0. The minimum absolute atomic E-state index is 0.0459. The Kier molecular flexibility index (Phi) is 5.35. The Morgan fingerprint density at radius 2 is 1.92 bits per heavy atom. The van der Waals surface area contributed by atoms with Crippen LogP contribution in [0.15, 0.2) is 12.2 Å². The van der Waals surface area contributed by atoms with Crippen LogP contribution in [0.3, 0.4) is 0 Å². The number of nitrogens with zero attached hydrogens (tertiary/aromatic N) is 1. The van der Waals surface area contributed by atoms with Gasteiger partial charge in [0.25, 0.3) is 11.8 Å². The Hall–Kier alpha value is -1.67. The molecule has 3 rings (SSSR count). The Labute approximate surface area is 143 Å². The highest BCUT2D eigenvalue weighted by atomic mass is 32.2. The summed E-state index contributed by atoms with van der Waals surface area (Å²) in [7, 11) is 0. The standard InChI is InChI=1S/C16H19NO6S/c18-13-3-4-14(19)17(13)23-15(20)9-24-16(21)8-22-7-12-6-10-1-2-11(12)5-10/h1-2,10-12H,3-9H2. The molecule has 2 fully saturated rings. The lowest BCUT2D eigenvalue weighted by Gasteiger charge is -2.17. The zero-order chi connectivity index (χ0) is 17.1. The topological polar surface area (TPSA) is 90.0 Å². The van der Waals surface area contributed by atoms with Gasteiger partial charge in [0.1, 0.15) is 12.4 Å². The van der Waals surface area contributed by atoms with Gasteiger partial charge in [0, 0.05) is 12.8 Å². The van der Waals surface area contributed by atoms with Crippen molar-refractivity contribution in [2.75, 3.05) is 19.0 Å². The summed E-state index contributed by atoms with van der Waals surface area (Å²) in [5.41, 5.74) is 0. The number of carbonyl (C=O) groups excluding carboxylic acids is 4. The van der Waals surface area contributed by atoms with Crippen molar-refractivity contribution in [2.24, 2.45) is 17.8 Å². The lowest BCUT2D eigenvalue weighted by molar-refractivity contribution is -0.195. The maximum Gasteiger partial charge on any atom is 0.343 e. The smallest absolute Gasteiger partial charge is 0.343 e. The van der Waals surface area contributed by atoms with E-state index in [4.69, 9.17) is 4.74 Å². The number of carbonyl (C=O) groups is 4. The van der Waals surface area contributed by atoms with E-state index >= 15 is 0 Å². The fourth-order valence-corrected chi connectivity index (χ4v) is 3.85. The van der Waals surface area contributed by atoms with Crippen LogP contribution in [0.4, 0.5) is 0 Å². The first-order valence-electron chi connectivity index (χ1n) is 8.01. The van der Waals surface area contributed by atoms with Gasteiger partial charge >= 0.3 is 5.97 Å². The number of hydrogen-bond acceptors (Lipinski definition) is 7. The lowest BCUT2D eigenvalue weighted by Crippen LogP contribution is -2.32. The van der Waals surface area contributed by atoms with Gasteiger partial charge in [-0.15, -0.1) is 5.06 Å². The van der Waals surface area contributed by atoms with E-state index in [9.17, 15) is 19.2 Å². The van der Waals surface area contributed by atoms with E-state index in [-0.39, 0.29) is 30.3 Å². The van der Waals surface area contributed by atoms with Crippen molar-refractivity contribution in [3.05, 3.63) is 12.2 Å². The van der Waals surface area contributed by atoms with Gasteiger partial charge < -0.3 is 9.57 Å². The highest BCUT2D eigenvalue weighted by molar-refractivity contribution is 8.14. The molecule has 2 aliphatic carbocycles. The summed E-state index contributed by atoms with van der Waals surface area (Å²) in [6, 6.07) is 0. The summed E-state index contributed by atoms with van der Waals surface area (Å²) in [6.07, 6.45) is 6.89. The predicted octanol–water partition coefficient (Wildman–Crippen LogP) is 1.08. The number of hydroxylamine groups is 2. The molecule has 3 atom stereocenters. The third-order valence-corrected chi connectivity index (χ3v) is 5.34. The van der Waals surface area contributed by atoms with E-state index in [1.54, 1.807) is 0 Å². The Balaban J connectivity index is 1.29. The molecule has 130 valence electrons. The molecule has 0 spiro atoms. The number of ether oxygens (including phenoxy) is 1. The molecule has 24 heavy (non-hydrogen) atoms. The number of allylic oxidation sites excluding steroid dienone is 2. The summed E-state index contributed by atoms with van der Waals surface area (Å²) in [5.74, 6) is -0.399. The van der Waals surface area contributed by atoms with Crippen LogP contribution in [0.1, 0.15) is 25.7 Å². The van der Waals surface area contributed by atoms with Crippen LogP contribution in [0.25, 0.3) is 0 Å². The number of fused-ring (bicyclic) bond motifs is 2. The van der Waals surface area contributed by atoms with Gasteiger partial charge in [-0.05, 0) is 30.6 Å². The molecule has 3 unspecified atom stereocenters. The number of rotatable bonds is 7. The van der Waals surface area contributed by atoms with Gasteiger partial charge in [0.2, 0.25) is 5.12 Å². The molecular weight excluding hydrogens is 334 g/mol. The van der Waals surface area contributed by atoms with Crippen molar-refractivity contribution in [3.63, 3.8) is 0 Å². The highest BCUT2D eigenvalue weighted by Gasteiger charge is 2.35. The second-order valence-electron chi connectivity index (χ2n) is 6.26. The maximum absolute atomic E-state index is 11.7. The molecule has 1 aliphatic heterocycles. The van der Waals surface area contributed by atoms with Crippen molar-refractivity contribution < 1.29 is 28.8 Å². The molecule has 8 heteroatoms. The summed E-state index contributed by atoms with van der Waals surface area (Å²) < 4.78 is 5.46. The molecule has 7 nitrogen and oxygen atoms in total. The van der Waals surface area contributed by atoms with Crippen LogP contribution in [-0.2, 0) is 28.8 Å². The van der Waals surface area contributed by atoms with Crippen molar-refractivity contribution in [3.8, 4) is 0 Å². The average Bonchev–Trinajstić information content (AvgIpc) is 3.25. The SMILES string of the molecule is O=C(CSC(=O)COCC1CC2C=CC1C2)ON1C(=O)CCC1=O. The number of imide groups is 1. The van der Waals surface area contributed by atoms with E-state index in [2.05, 4.69) is 17.0 Å². The van der Waals surface area contributed by atoms with E-state index in [1.807, 2.05) is 0 Å². The minimum Gasteiger partial charge on any atom is -0.372 e. The third-order valence-electron chi connectivity index (χ3n) is 4.52. The largest absolute Gasteiger partial charge is 0.372 e. The van der Waals surface area contributed by atoms with Crippen LogP contribution in [0.5, 0.6) is 0 Å². The van der Waals surface area contributed by atoms with Gasteiger partial charge in [-0.2, -0.15) is 0 Å². The van der Waals surface area contributed by atoms with Gasteiger partial charge in [-0.1, -0.05) is 23.9 Å². The molecule has 0 aromatic carbocycles. The molecule has 0 N–H and O–H groups in total. The molecule has 0 aromatic heterocycles. The number of thioether (sulfide) groups is 1. The second-order valence-corrected chi connectivity index (χ2v) is 7.29. The maximum atomic E-state index is 11.7. The van der Waals surface area contributed by atoms with Crippen LogP contribution in [-0.4, -0.2) is 46.9 Å². The first kappa shape index (κ1) is 17.2. The molecule has 1 saturated carbocycles. The molecule has 1 heterocycles. The van der Waals surface area contributed by atoms with E-state index < -0.39 is 17.8 Å². The fourth-order valence-electron chi connectivity index (χ4n) is 3.35. The normalized spacial score (nSPS) is 28.0. The van der Waals surface area contributed by atoms with E-state index in [1.165, 1.54) is 6.42 Å². The summed E-state index contributed by atoms with van der Waals surface area (Å²) in [4.78, 5) is 50.6. The van der Waals surface area contributed by atoms with Crippen LogP contribution >= 0.6 is 11.8 Å². The summed E-state index contributed by atoms with van der Waals surface area (Å²) >= 11 is 0.766. The Morgan fingerprint density at radius 1 is 1.17 bits per heavy atom. The molecular formula is C16H19NO6S. The van der Waals surface area contributed by atoms with Crippen LogP contribution < -0.4 is 0 Å². The van der Waals surface area contributed by atoms with Crippen molar-refractivity contribution >= 4 is 34.7 Å². The van der Waals surface area contributed by atoms with E-state index in [0.717, 1.165) is 18.2 Å². The molecule has 2 amide bonds. The summed E-state index contributed by atoms with van der Waals surface area (Å²) in [5, 5.41) is 0.205. The van der Waals surface area contributed by atoms with Gasteiger partial charge in [-0.3, -0.25) is 14.4 Å². The predicted molar refractivity (Wildman–Crippen MR) is 84.3 cm³/mol. The molecule has 0 aromatic rings. The molecule has 1 saturated heterocycles. The first-order valence-corrected chi connectivity index (χ1v) is 8.99. The molecule has 0 radical (unpaired) electrons. The lowest BCUT2D eigenvalue weighted by atomic mass is 9.95. The Bertz CT molecular complexity index is 573. The molecule has 2 bridgehead atoms. The van der Waals surface area contributed by atoms with Crippen molar-refractivity contribution in [2.45, 2.75) is 25.7 Å². The number of amides is 2. The quantitative estimate of drug-likeness (QED) is 0.500. The minimum atomic E-state index is -0.796. The fraction of sp³-hybridized carbons (Fsp3) is 0.625.